The molecule has 1 heterocycles. The Morgan fingerprint density at radius 2 is 1.75 bits per heavy atom. The van der Waals surface area contributed by atoms with Crippen molar-refractivity contribution < 1.29 is 13.2 Å². The van der Waals surface area contributed by atoms with E-state index < -0.39 is 15.3 Å². The maximum atomic E-state index is 12.8. The number of hydrogen-bond donors (Lipinski definition) is 0. The molecular weight excluding hydrogens is 324 g/mol. The smallest absolute Gasteiger partial charge is 0.232 e. The molecule has 0 N–H and O–H groups in total. The number of nitrogens with zero attached hydrogens (tertiary/aromatic N) is 2. The lowest BCUT2D eigenvalue weighted by Crippen LogP contribution is -2.45. The van der Waals surface area contributed by atoms with E-state index in [1.807, 2.05) is 18.7 Å². The van der Waals surface area contributed by atoms with E-state index >= 15 is 0 Å². The Balaban J connectivity index is 2.24. The van der Waals surface area contributed by atoms with E-state index in [1.54, 1.807) is 18.2 Å². The van der Waals surface area contributed by atoms with Gasteiger partial charge < -0.3 is 4.90 Å². The number of amides is 1. The van der Waals surface area contributed by atoms with E-state index in [2.05, 4.69) is 0 Å². The van der Waals surface area contributed by atoms with Crippen LogP contribution in [0.5, 0.6) is 0 Å². The van der Waals surface area contributed by atoms with E-state index in [0.717, 1.165) is 49.4 Å². The molecule has 6 heteroatoms. The molecule has 0 spiro atoms. The monoisotopic (exact) mass is 346 g/mol. The average molecular weight is 346 g/mol. The van der Waals surface area contributed by atoms with Crippen molar-refractivity contribution in [2.75, 3.05) is 13.1 Å². The van der Waals surface area contributed by atoms with Crippen molar-refractivity contribution in [1.29, 1.82) is 5.26 Å². The van der Waals surface area contributed by atoms with Gasteiger partial charge in [0.25, 0.3) is 0 Å². The molecule has 1 aliphatic heterocycles. The fourth-order valence-corrected chi connectivity index (χ4v) is 3.79. The summed E-state index contributed by atoms with van der Waals surface area (Å²) in [7, 11) is -3.62. The highest BCUT2D eigenvalue weighted by Gasteiger charge is 2.34. The van der Waals surface area contributed by atoms with Gasteiger partial charge in [0, 0.05) is 24.6 Å². The molecule has 2 rings (SSSR count). The van der Waals surface area contributed by atoms with Gasteiger partial charge in [-0.05, 0) is 50.8 Å². The molecule has 1 aromatic rings. The number of nitriles is 1. The Labute approximate surface area is 143 Å². The molecule has 0 radical (unpaired) electrons. The van der Waals surface area contributed by atoms with Gasteiger partial charge in [0.05, 0.1) is 16.4 Å². The first-order valence-corrected chi connectivity index (χ1v) is 9.55. The van der Waals surface area contributed by atoms with E-state index in [9.17, 15) is 13.2 Å². The zero-order valence-electron chi connectivity index (χ0n) is 14.0. The van der Waals surface area contributed by atoms with E-state index in [4.69, 9.17) is 5.26 Å². The number of allylic oxidation sites excluding steroid dienone is 1. The number of sulfone groups is 1. The molecule has 0 aromatic heterocycles. The number of benzene rings is 1. The molecule has 0 bridgehead atoms. The van der Waals surface area contributed by atoms with Gasteiger partial charge in [0.1, 0.15) is 0 Å². The van der Waals surface area contributed by atoms with Gasteiger partial charge in [-0.3, -0.25) is 4.79 Å². The van der Waals surface area contributed by atoms with Crippen LogP contribution in [0.4, 0.5) is 0 Å². The molecular formula is C18H22N2O3S. The highest BCUT2D eigenvalue weighted by Crippen LogP contribution is 2.28. The van der Waals surface area contributed by atoms with Crippen molar-refractivity contribution in [2.45, 2.75) is 43.4 Å². The fourth-order valence-electron chi connectivity index (χ4n) is 2.88. The van der Waals surface area contributed by atoms with E-state index in [-0.39, 0.29) is 10.8 Å². The Hall–Kier alpha value is -2.13. The SMILES string of the molecule is CC(C)(C(=O)N1CCCCC1)c1ccc(S(=O)(=O)/C=C/C#N)cc1. The Morgan fingerprint density at radius 3 is 2.29 bits per heavy atom. The Bertz CT molecular complexity index is 765. The van der Waals surface area contributed by atoms with Gasteiger partial charge in [0.15, 0.2) is 0 Å². The lowest BCUT2D eigenvalue weighted by atomic mass is 9.83. The molecule has 5 nitrogen and oxygen atoms in total. The zero-order valence-corrected chi connectivity index (χ0v) is 14.8. The van der Waals surface area contributed by atoms with Crippen LogP contribution < -0.4 is 0 Å². The predicted molar refractivity (Wildman–Crippen MR) is 91.8 cm³/mol. The first-order valence-electron chi connectivity index (χ1n) is 8.00. The lowest BCUT2D eigenvalue weighted by molar-refractivity contribution is -0.137. The highest BCUT2D eigenvalue weighted by molar-refractivity contribution is 7.94. The second-order valence-electron chi connectivity index (χ2n) is 6.48. The third-order valence-corrected chi connectivity index (χ3v) is 5.83. The molecule has 0 saturated carbocycles. The van der Waals surface area contributed by atoms with Gasteiger partial charge >= 0.3 is 0 Å². The maximum absolute atomic E-state index is 12.8. The van der Waals surface area contributed by atoms with Crippen LogP contribution in [0.1, 0.15) is 38.7 Å². The van der Waals surface area contributed by atoms with Crippen molar-refractivity contribution in [2.24, 2.45) is 0 Å². The first kappa shape index (κ1) is 18.2. The Morgan fingerprint density at radius 1 is 1.17 bits per heavy atom. The molecule has 1 fully saturated rings. The molecule has 1 aromatic carbocycles. The minimum Gasteiger partial charge on any atom is -0.342 e. The molecule has 0 unspecified atom stereocenters. The summed E-state index contributed by atoms with van der Waals surface area (Å²) < 4.78 is 24.0. The van der Waals surface area contributed by atoms with Gasteiger partial charge in [-0.2, -0.15) is 5.26 Å². The minimum atomic E-state index is -3.62. The van der Waals surface area contributed by atoms with Crippen LogP contribution in [0.25, 0.3) is 0 Å². The molecule has 0 aliphatic carbocycles. The molecule has 24 heavy (non-hydrogen) atoms. The quantitative estimate of drug-likeness (QED) is 0.785. The summed E-state index contributed by atoms with van der Waals surface area (Å²) in [5.74, 6) is 0.0715. The van der Waals surface area contributed by atoms with Crippen LogP contribution in [-0.2, 0) is 20.0 Å². The molecule has 0 atom stereocenters. The number of rotatable bonds is 4. The second kappa shape index (κ2) is 7.18. The van der Waals surface area contributed by atoms with Crippen molar-refractivity contribution in [1.82, 2.24) is 4.90 Å². The molecule has 1 saturated heterocycles. The highest BCUT2D eigenvalue weighted by atomic mass is 32.2. The number of carbonyl (C=O) groups is 1. The third-order valence-electron chi connectivity index (χ3n) is 4.40. The van der Waals surface area contributed by atoms with Gasteiger partial charge in [0.2, 0.25) is 15.7 Å². The largest absolute Gasteiger partial charge is 0.342 e. The fraction of sp³-hybridized carbons (Fsp3) is 0.444. The van der Waals surface area contributed by atoms with E-state index in [0.29, 0.717) is 0 Å². The second-order valence-corrected chi connectivity index (χ2v) is 8.31. The lowest BCUT2D eigenvalue weighted by Gasteiger charge is -2.34. The summed E-state index contributed by atoms with van der Waals surface area (Å²) >= 11 is 0. The Kier molecular flexibility index (Phi) is 5.45. The third kappa shape index (κ3) is 3.85. The summed E-state index contributed by atoms with van der Waals surface area (Å²) in [6, 6.07) is 7.99. The van der Waals surface area contributed by atoms with Crippen molar-refractivity contribution in [3.8, 4) is 6.07 Å². The molecule has 1 amide bonds. The van der Waals surface area contributed by atoms with Crippen LogP contribution in [-0.4, -0.2) is 32.3 Å². The predicted octanol–water partition coefficient (Wildman–Crippen LogP) is 2.79. The summed E-state index contributed by atoms with van der Waals surface area (Å²) in [4.78, 5) is 14.8. The van der Waals surface area contributed by atoms with Gasteiger partial charge in [-0.1, -0.05) is 12.1 Å². The van der Waals surface area contributed by atoms with E-state index in [1.165, 1.54) is 12.1 Å². The van der Waals surface area contributed by atoms with Crippen LogP contribution in [0.2, 0.25) is 0 Å². The van der Waals surface area contributed by atoms with Crippen molar-refractivity contribution in [3.05, 3.63) is 41.3 Å². The van der Waals surface area contributed by atoms with Crippen LogP contribution in [0.15, 0.2) is 40.6 Å². The molecule has 128 valence electrons. The summed E-state index contributed by atoms with van der Waals surface area (Å²) in [6.07, 6.45) is 4.16. The minimum absolute atomic E-state index is 0.0715. The normalized spacial score (nSPS) is 16.1. The summed E-state index contributed by atoms with van der Waals surface area (Å²) in [5, 5.41) is 9.35. The van der Waals surface area contributed by atoms with Crippen LogP contribution >= 0.6 is 0 Å². The number of piperidine rings is 1. The molecule has 1 aliphatic rings. The van der Waals surface area contributed by atoms with Gasteiger partial charge in [-0.25, -0.2) is 8.42 Å². The standard InChI is InChI=1S/C18H22N2O3S/c1-18(2,17(21)20-12-4-3-5-13-20)15-7-9-16(10-8-15)24(22,23)14-6-11-19/h6-10,14H,3-5,12-13H2,1-2H3/b14-6+. The van der Waals surface area contributed by atoms with Crippen molar-refractivity contribution in [3.63, 3.8) is 0 Å². The van der Waals surface area contributed by atoms with Crippen LogP contribution in [0, 0.1) is 11.3 Å². The number of likely N-dealkylation sites (tertiary alicyclic amines) is 1. The average Bonchev–Trinajstić information content (AvgIpc) is 2.60. The zero-order chi connectivity index (χ0) is 17.8. The first-order chi connectivity index (χ1) is 11.3. The maximum Gasteiger partial charge on any atom is 0.232 e. The summed E-state index contributed by atoms with van der Waals surface area (Å²) in [5.41, 5.74) is 0.0727. The van der Waals surface area contributed by atoms with Crippen LogP contribution in [0.3, 0.4) is 0 Å². The van der Waals surface area contributed by atoms with Gasteiger partial charge in [-0.15, -0.1) is 0 Å². The number of hydrogen-bond acceptors (Lipinski definition) is 4. The topological polar surface area (TPSA) is 78.2 Å². The number of carbonyl (C=O) groups excluding carboxylic acids is 1. The summed E-state index contributed by atoms with van der Waals surface area (Å²) in [6.45, 7) is 5.30. The van der Waals surface area contributed by atoms with Crippen molar-refractivity contribution >= 4 is 15.7 Å².